The lowest BCUT2D eigenvalue weighted by molar-refractivity contribution is 0.321. The third-order valence-electron chi connectivity index (χ3n) is 2.00. The fraction of sp³-hybridized carbons (Fsp3) is 0.250. The Morgan fingerprint density at radius 3 is 3.29 bits per heavy atom. The van der Waals surface area contributed by atoms with E-state index in [1.165, 1.54) is 24.3 Å². The van der Waals surface area contributed by atoms with Gasteiger partial charge in [0.1, 0.15) is 0 Å². The number of hydrogen-bond donors (Lipinski definition) is 3. The van der Waals surface area contributed by atoms with Crippen LogP contribution >= 0.6 is 11.8 Å². The topological polar surface area (TPSA) is 122 Å². The molecular formula is C8H10N6O2S. The number of thioether (sulfide) groups is 1. The molecule has 0 fully saturated rings. The molecule has 0 bridgehead atoms. The third kappa shape index (κ3) is 2.38. The first kappa shape index (κ1) is 11.5. The molecule has 0 saturated heterocycles. The number of nitrogens with zero attached hydrogens (tertiary/aromatic N) is 4. The van der Waals surface area contributed by atoms with Gasteiger partial charge < -0.3 is 15.5 Å². The maximum absolute atomic E-state index is 11.5. The molecule has 0 aliphatic heterocycles. The second-order valence-corrected chi connectivity index (χ2v) is 4.14. The molecule has 2 heterocycles. The van der Waals surface area contributed by atoms with E-state index in [-0.39, 0.29) is 17.0 Å². The Morgan fingerprint density at radius 2 is 2.53 bits per heavy atom. The fourth-order valence-electron chi connectivity index (χ4n) is 1.30. The number of nitrogen functional groups attached to an aromatic ring is 1. The maximum atomic E-state index is 11.5. The minimum absolute atomic E-state index is 0.0613. The Bertz CT molecular complexity index is 604. The molecule has 0 amide bonds. The van der Waals surface area contributed by atoms with Gasteiger partial charge in [-0.05, 0) is 0 Å². The molecule has 2 aromatic heterocycles. The highest BCUT2D eigenvalue weighted by molar-refractivity contribution is 7.98. The van der Waals surface area contributed by atoms with Gasteiger partial charge in [-0.1, -0.05) is 0 Å². The van der Waals surface area contributed by atoms with Crippen molar-refractivity contribution in [3.8, 4) is 0 Å². The van der Waals surface area contributed by atoms with Crippen molar-refractivity contribution in [2.45, 2.75) is 5.88 Å². The van der Waals surface area contributed by atoms with Crippen molar-refractivity contribution in [3.05, 3.63) is 16.7 Å². The lowest BCUT2D eigenvalue weighted by Gasteiger charge is -2.01. The zero-order valence-electron chi connectivity index (χ0n) is 8.70. The normalized spacial score (nSPS) is 11.5. The van der Waals surface area contributed by atoms with Crippen LogP contribution in [0.2, 0.25) is 0 Å². The number of imidazole rings is 1. The van der Waals surface area contributed by atoms with Gasteiger partial charge in [0.2, 0.25) is 5.95 Å². The molecule has 0 unspecified atom stereocenters. The monoisotopic (exact) mass is 254 g/mol. The SMILES string of the molecule is Nc1nc2c(ncn2CSCC=NO)c(=O)[nH]1. The lowest BCUT2D eigenvalue weighted by Crippen LogP contribution is -2.12. The van der Waals surface area contributed by atoms with E-state index in [9.17, 15) is 4.79 Å². The molecule has 90 valence electrons. The van der Waals surface area contributed by atoms with Gasteiger partial charge >= 0.3 is 0 Å². The van der Waals surface area contributed by atoms with Gasteiger partial charge in [0, 0.05) is 5.75 Å². The number of H-pyrrole nitrogens is 1. The first-order chi connectivity index (χ1) is 8.22. The molecule has 0 aromatic carbocycles. The first-order valence-electron chi connectivity index (χ1n) is 4.66. The van der Waals surface area contributed by atoms with E-state index >= 15 is 0 Å². The number of nitrogens with two attached hydrogens (primary N) is 1. The number of aromatic amines is 1. The number of fused-ring (bicyclic) bond motifs is 1. The number of nitrogens with one attached hydrogen (secondary N) is 1. The number of rotatable bonds is 4. The largest absolute Gasteiger partial charge is 0.411 e. The van der Waals surface area contributed by atoms with Crippen LogP contribution in [-0.2, 0) is 5.88 Å². The van der Waals surface area contributed by atoms with Crippen LogP contribution in [0.5, 0.6) is 0 Å². The summed E-state index contributed by atoms with van der Waals surface area (Å²) in [4.78, 5) is 21.8. The summed E-state index contributed by atoms with van der Waals surface area (Å²) < 4.78 is 1.71. The van der Waals surface area contributed by atoms with Crippen molar-refractivity contribution in [2.24, 2.45) is 5.16 Å². The highest BCUT2D eigenvalue weighted by Crippen LogP contribution is 2.10. The number of oxime groups is 1. The van der Waals surface area contributed by atoms with Crippen molar-refractivity contribution in [1.29, 1.82) is 0 Å². The zero-order valence-corrected chi connectivity index (χ0v) is 9.52. The molecule has 9 heteroatoms. The van der Waals surface area contributed by atoms with E-state index in [0.29, 0.717) is 17.3 Å². The van der Waals surface area contributed by atoms with Crippen LogP contribution in [0.3, 0.4) is 0 Å². The summed E-state index contributed by atoms with van der Waals surface area (Å²) in [6.45, 7) is 0. The Hall–Kier alpha value is -2.03. The number of hydrogen-bond acceptors (Lipinski definition) is 7. The molecule has 0 atom stereocenters. The summed E-state index contributed by atoms with van der Waals surface area (Å²) >= 11 is 1.48. The Morgan fingerprint density at radius 1 is 1.71 bits per heavy atom. The summed E-state index contributed by atoms with van der Waals surface area (Å²) in [5.74, 6) is 1.15. The summed E-state index contributed by atoms with van der Waals surface area (Å²) in [5.41, 5.74) is 5.81. The van der Waals surface area contributed by atoms with Crippen LogP contribution in [0.15, 0.2) is 16.3 Å². The zero-order chi connectivity index (χ0) is 12.3. The van der Waals surface area contributed by atoms with Crippen molar-refractivity contribution in [2.75, 3.05) is 11.5 Å². The summed E-state index contributed by atoms with van der Waals surface area (Å²) in [6.07, 6.45) is 2.90. The second kappa shape index (κ2) is 4.87. The van der Waals surface area contributed by atoms with Gasteiger partial charge in [-0.25, -0.2) is 4.98 Å². The van der Waals surface area contributed by atoms with Gasteiger partial charge in [0.15, 0.2) is 11.2 Å². The van der Waals surface area contributed by atoms with Crippen molar-refractivity contribution >= 4 is 35.1 Å². The van der Waals surface area contributed by atoms with Crippen molar-refractivity contribution < 1.29 is 5.21 Å². The molecule has 2 rings (SSSR count). The minimum Gasteiger partial charge on any atom is -0.411 e. The molecule has 4 N–H and O–H groups in total. The van der Waals surface area contributed by atoms with Gasteiger partial charge in [-0.2, -0.15) is 4.98 Å². The molecule has 0 saturated carbocycles. The maximum Gasteiger partial charge on any atom is 0.280 e. The molecule has 0 radical (unpaired) electrons. The molecule has 0 spiro atoms. The molecule has 0 aliphatic rings. The summed E-state index contributed by atoms with van der Waals surface area (Å²) in [7, 11) is 0. The van der Waals surface area contributed by atoms with E-state index in [0.717, 1.165) is 0 Å². The lowest BCUT2D eigenvalue weighted by atomic mass is 10.5. The second-order valence-electron chi connectivity index (χ2n) is 3.14. The molecule has 17 heavy (non-hydrogen) atoms. The van der Waals surface area contributed by atoms with E-state index in [2.05, 4.69) is 20.1 Å². The summed E-state index contributed by atoms with van der Waals surface area (Å²) in [6, 6.07) is 0. The van der Waals surface area contributed by atoms with Crippen LogP contribution in [0.4, 0.5) is 5.95 Å². The minimum atomic E-state index is -0.354. The average molecular weight is 254 g/mol. The van der Waals surface area contributed by atoms with Gasteiger partial charge in [0.05, 0.1) is 18.4 Å². The molecule has 8 nitrogen and oxygen atoms in total. The highest BCUT2D eigenvalue weighted by atomic mass is 32.2. The van der Waals surface area contributed by atoms with E-state index in [1.54, 1.807) is 4.57 Å². The van der Waals surface area contributed by atoms with Crippen LogP contribution in [-0.4, -0.2) is 36.7 Å². The predicted molar refractivity (Wildman–Crippen MR) is 65.3 cm³/mol. The van der Waals surface area contributed by atoms with Crippen LogP contribution in [0.25, 0.3) is 11.2 Å². The van der Waals surface area contributed by atoms with E-state index in [4.69, 9.17) is 10.9 Å². The van der Waals surface area contributed by atoms with Crippen LogP contribution in [0, 0.1) is 0 Å². The van der Waals surface area contributed by atoms with E-state index in [1.807, 2.05) is 0 Å². The number of anilines is 1. The van der Waals surface area contributed by atoms with Gasteiger partial charge in [-0.3, -0.25) is 9.78 Å². The molecule has 2 aromatic rings. The van der Waals surface area contributed by atoms with Crippen LogP contribution < -0.4 is 11.3 Å². The number of aromatic nitrogens is 4. The Balaban J connectivity index is 2.26. The Kier molecular flexibility index (Phi) is 3.28. The Labute approximate surface area is 99.6 Å². The van der Waals surface area contributed by atoms with Crippen molar-refractivity contribution in [3.63, 3.8) is 0 Å². The predicted octanol–water partition coefficient (Wildman–Crippen LogP) is -0.148. The van der Waals surface area contributed by atoms with Crippen LogP contribution in [0.1, 0.15) is 0 Å². The smallest absolute Gasteiger partial charge is 0.280 e. The van der Waals surface area contributed by atoms with E-state index < -0.39 is 0 Å². The fourth-order valence-corrected chi connectivity index (χ4v) is 1.97. The highest BCUT2D eigenvalue weighted by Gasteiger charge is 2.08. The van der Waals surface area contributed by atoms with Crippen molar-refractivity contribution in [1.82, 2.24) is 19.5 Å². The first-order valence-corrected chi connectivity index (χ1v) is 5.82. The standard InChI is InChI=1S/C8H10N6O2S/c9-8-12-6-5(7(15)13-8)10-3-14(6)4-17-2-1-11-16/h1,3,16H,2,4H2,(H3,9,12,13,15). The quantitative estimate of drug-likeness (QED) is 0.302. The molecular weight excluding hydrogens is 244 g/mol. The van der Waals surface area contributed by atoms with Gasteiger partial charge in [0.25, 0.3) is 5.56 Å². The molecule has 0 aliphatic carbocycles. The third-order valence-corrected chi connectivity index (χ3v) is 2.84. The summed E-state index contributed by atoms with van der Waals surface area (Å²) in [5, 5.41) is 11.1. The van der Waals surface area contributed by atoms with Gasteiger partial charge in [-0.15, -0.1) is 16.9 Å². The average Bonchev–Trinajstić information content (AvgIpc) is 2.68.